The van der Waals surface area contributed by atoms with Crippen LogP contribution in [0.4, 0.5) is 59.4 Å². The van der Waals surface area contributed by atoms with Crippen LogP contribution in [0.5, 0.6) is 5.75 Å². The Labute approximate surface area is 654 Å². The molecule has 0 aliphatic carbocycles. The second-order valence-corrected chi connectivity index (χ2v) is 34.4. The standard InChI is InChI=1S/C77H98F10N11O15P/c1-43-29-48(65(102)110-70(2,3)4)33-57(111-114(105,112-71(5,6)7)113-72(8,9)10)60(43)73(11,12)34-59(99)109-58(40-96(94-64(101)62(92-69(104)107-18)75(15,16)77(85,86)87)39-52-53(78)31-47(32-54(52)79)55-27-28-97(93-55)66(80)81)56(90-63(100)61(91-68(103)106-17)74(13,14)76(82,83)84)30-45-22-19-44(20-23-45)21-24-46-35-88-67(89-36-46)95-37-49-25-26-50(38-95)98(49)51-41-108-42-51/h19-20,22-23,27-29,31-33,35-36,49-51,56,58,61-62,66H,25-26,30,34,37-42H2,1-18H3,(H,90,100)(H,91,103)(H,92,104)(H,94,101)/t49?,50?,56-,58-,61+,62+/m0/s1. The van der Waals surface area contributed by atoms with Gasteiger partial charge in [0, 0.05) is 78.0 Å². The number of esters is 2. The first-order valence-electron chi connectivity index (χ1n) is 36.4. The average Bonchev–Trinajstić information content (AvgIpc) is 1.18. The maximum absolute atomic E-state index is 17.0. The van der Waals surface area contributed by atoms with E-state index in [1.165, 1.54) is 51.1 Å². The van der Waals surface area contributed by atoms with Crippen molar-refractivity contribution < 1.29 is 114 Å². The van der Waals surface area contributed by atoms with Gasteiger partial charge < -0.3 is 49.1 Å². The number of ether oxygens (including phenoxy) is 5. The highest BCUT2D eigenvalue weighted by atomic mass is 31.2. The number of nitrogens with one attached hydrogen (secondary N) is 4. The van der Waals surface area contributed by atoms with Crippen molar-refractivity contribution in [2.75, 3.05) is 52.0 Å². The number of rotatable bonds is 28. The zero-order valence-corrected chi connectivity index (χ0v) is 67.5. The van der Waals surface area contributed by atoms with Gasteiger partial charge in [0.25, 0.3) is 5.91 Å². The fraction of sp³-hybridized carbons (Fsp3) is 0.571. The Morgan fingerprint density at radius 3 is 1.68 bits per heavy atom. The van der Waals surface area contributed by atoms with Crippen LogP contribution in [0.2, 0.25) is 0 Å². The van der Waals surface area contributed by atoms with Gasteiger partial charge >= 0.3 is 50.8 Å². The highest BCUT2D eigenvalue weighted by Gasteiger charge is 2.58. The Hall–Kier alpha value is -9.14. The topological polar surface area (TPSA) is 295 Å². The molecule has 2 bridgehead atoms. The molecular formula is C77H98F10N11O15P. The van der Waals surface area contributed by atoms with Crippen molar-refractivity contribution in [2.24, 2.45) is 10.8 Å². The van der Waals surface area contributed by atoms with E-state index in [4.69, 9.17) is 27.8 Å². The number of alkyl halides is 8. The molecule has 4 N–H and O–H groups in total. The summed E-state index contributed by atoms with van der Waals surface area (Å²) < 4.78 is 214. The van der Waals surface area contributed by atoms with Crippen molar-refractivity contribution in [3.05, 3.63) is 124 Å². The van der Waals surface area contributed by atoms with Gasteiger partial charge in [-0.1, -0.05) is 37.8 Å². The highest BCUT2D eigenvalue weighted by molar-refractivity contribution is 7.49. The molecule has 5 heterocycles. The van der Waals surface area contributed by atoms with E-state index in [2.05, 4.69) is 56.9 Å². The molecule has 3 aromatic carbocycles. The van der Waals surface area contributed by atoms with E-state index in [1.54, 1.807) is 74.7 Å². The lowest BCUT2D eigenvalue weighted by atomic mass is 9.78. The molecule has 0 saturated carbocycles. The van der Waals surface area contributed by atoms with Gasteiger partial charge in [-0.15, -0.1) is 0 Å². The van der Waals surface area contributed by atoms with Gasteiger partial charge in [0.05, 0.1) is 91.3 Å². The summed E-state index contributed by atoms with van der Waals surface area (Å²) in [5.74, 6) is -2.61. The molecule has 2 unspecified atom stereocenters. The van der Waals surface area contributed by atoms with Crippen molar-refractivity contribution in [3.63, 3.8) is 0 Å². The van der Waals surface area contributed by atoms with Crippen LogP contribution in [0.25, 0.3) is 11.3 Å². The minimum absolute atomic E-state index is 0.0129. The second kappa shape index (κ2) is 35.1. The normalized spacial score (nSPS) is 17.2. The number of benzene rings is 3. The van der Waals surface area contributed by atoms with Crippen LogP contribution < -0.4 is 30.8 Å². The predicted molar refractivity (Wildman–Crippen MR) is 395 cm³/mol. The Morgan fingerprint density at radius 2 is 1.21 bits per heavy atom. The number of anilines is 1. The first kappa shape index (κ1) is 90.4. The quantitative estimate of drug-likeness (QED) is 0.00903. The van der Waals surface area contributed by atoms with Gasteiger partial charge in [0.15, 0.2) is 0 Å². The fourth-order valence-electron chi connectivity index (χ4n) is 13.3. The summed E-state index contributed by atoms with van der Waals surface area (Å²) in [5.41, 5.74) is -10.6. The molecule has 26 nitrogen and oxygen atoms in total. The van der Waals surface area contributed by atoms with Gasteiger partial charge in [-0.3, -0.25) is 33.8 Å². The number of phosphoric acid groups is 1. The summed E-state index contributed by atoms with van der Waals surface area (Å²) in [6.07, 6.45) is -11.7. The number of phosphoric ester groups is 1. The number of piperazine rings is 1. The lowest BCUT2D eigenvalue weighted by Gasteiger charge is -2.47. The summed E-state index contributed by atoms with van der Waals surface area (Å²) in [6.45, 7) is 17.6. The lowest BCUT2D eigenvalue weighted by molar-refractivity contribution is -0.221. The van der Waals surface area contributed by atoms with Gasteiger partial charge in [-0.2, -0.15) is 40.2 Å². The minimum atomic E-state index is -5.37. The molecule has 0 spiro atoms. The Kier molecular flexibility index (Phi) is 27.9. The van der Waals surface area contributed by atoms with Crippen molar-refractivity contribution >= 4 is 49.7 Å². The molecule has 8 rings (SSSR count). The largest absolute Gasteiger partial charge is 0.531 e. The SMILES string of the molecule is COC(=O)N[C@H](C(=O)N[C@@H](Cc1ccc(C#Cc2cnc(N3CC4CCC(C3)N4C3COC3)nc2)cc1)[C@H](CN(Cc1c(F)cc(-c2ccn(C(F)F)n2)cc1F)NC(=O)[C@@H](NC(=O)OC)C(C)(C)C(F)(F)F)OC(=O)CC(C)(C)c1c(C)cc(C(=O)OC(C)(C)C)cc1OP(=O)(OC(C)(C)C)OC(C)(C)C)C(C)(C)C(F)(F)F. The summed E-state index contributed by atoms with van der Waals surface area (Å²) in [7, 11) is -3.31. The summed E-state index contributed by atoms with van der Waals surface area (Å²) in [4.78, 5) is 99.6. The highest BCUT2D eigenvalue weighted by Crippen LogP contribution is 2.57. The maximum Gasteiger partial charge on any atom is 0.531 e. The Bertz CT molecular complexity index is 4360. The molecule has 3 aliphatic heterocycles. The Morgan fingerprint density at radius 1 is 0.684 bits per heavy atom. The van der Waals surface area contributed by atoms with Crippen LogP contribution in [-0.2, 0) is 70.1 Å². The maximum atomic E-state index is 17.0. The number of hydrazine groups is 1. The molecule has 0 radical (unpaired) electrons. The molecule has 37 heteroatoms. The Balaban J connectivity index is 1.29. The van der Waals surface area contributed by atoms with Crippen LogP contribution in [0.15, 0.2) is 73.2 Å². The van der Waals surface area contributed by atoms with Crippen LogP contribution >= 0.6 is 7.82 Å². The molecule has 3 fully saturated rings. The van der Waals surface area contributed by atoms with E-state index < -0.39 is 169 Å². The van der Waals surface area contributed by atoms with E-state index >= 15 is 49.3 Å². The third-order valence-electron chi connectivity index (χ3n) is 19.1. The number of nitrogens with zero attached hydrogens (tertiary/aromatic N) is 7. The zero-order chi connectivity index (χ0) is 85.0. The van der Waals surface area contributed by atoms with Gasteiger partial charge in [-0.25, -0.2) is 47.4 Å². The third-order valence-corrected chi connectivity index (χ3v) is 21.1. The summed E-state index contributed by atoms with van der Waals surface area (Å²) in [5, 5.41) is 10.3. The molecular weight excluding hydrogens is 1540 g/mol. The smallest absolute Gasteiger partial charge is 0.459 e. The van der Waals surface area contributed by atoms with Crippen LogP contribution in [-0.4, -0.2) is 184 Å². The van der Waals surface area contributed by atoms with E-state index in [0.717, 1.165) is 58.5 Å². The van der Waals surface area contributed by atoms with Crippen LogP contribution in [0.3, 0.4) is 0 Å². The number of hydrogen-bond donors (Lipinski definition) is 4. The van der Waals surface area contributed by atoms with E-state index in [0.29, 0.717) is 93.3 Å². The lowest BCUT2D eigenvalue weighted by Crippen LogP contribution is -2.64. The molecule has 626 valence electrons. The second-order valence-electron chi connectivity index (χ2n) is 33.0. The molecule has 6 atom stereocenters. The predicted octanol–water partition coefficient (Wildman–Crippen LogP) is 13.3. The van der Waals surface area contributed by atoms with Gasteiger partial charge in [0.1, 0.15) is 41.2 Å². The van der Waals surface area contributed by atoms with Crippen molar-refractivity contribution in [1.82, 2.24) is 51.0 Å². The number of alkyl carbamates (subject to hydrolysis) is 2. The third kappa shape index (κ3) is 23.1. The van der Waals surface area contributed by atoms with Crippen molar-refractivity contribution in [1.29, 1.82) is 0 Å². The summed E-state index contributed by atoms with van der Waals surface area (Å²) >= 11 is 0. The number of methoxy groups -OCH3 is 2. The molecule has 4 amide bonds. The minimum Gasteiger partial charge on any atom is -0.459 e. The van der Waals surface area contributed by atoms with Crippen LogP contribution in [0.1, 0.15) is 173 Å². The van der Waals surface area contributed by atoms with Crippen molar-refractivity contribution in [3.8, 4) is 28.8 Å². The first-order valence-corrected chi connectivity index (χ1v) is 37.9. The number of amides is 4. The number of carbonyl (C=O) groups is 6. The molecule has 114 heavy (non-hydrogen) atoms. The first-order chi connectivity index (χ1) is 52.6. The number of hydrogen-bond acceptors (Lipinski definition) is 21. The van der Waals surface area contributed by atoms with Crippen LogP contribution in [0, 0.1) is 41.2 Å². The van der Waals surface area contributed by atoms with E-state index in [1.807, 2.05) is 10.6 Å². The number of halogens is 10. The molecule has 5 aromatic rings. The molecule has 3 aliphatic rings. The van der Waals surface area contributed by atoms with Gasteiger partial charge in [0.2, 0.25) is 11.9 Å². The van der Waals surface area contributed by atoms with Crippen molar-refractivity contribution in [2.45, 2.75) is 226 Å². The number of fused-ring (bicyclic) bond motifs is 2. The molecule has 2 aromatic heterocycles. The molecule has 3 saturated heterocycles. The number of aryl methyl sites for hydroxylation is 1. The average molecular weight is 1640 g/mol. The number of carbonyl (C=O) groups excluding carboxylic acids is 6. The summed E-state index contributed by atoms with van der Waals surface area (Å²) in [6, 6.07) is 4.23. The zero-order valence-electron chi connectivity index (χ0n) is 66.6. The number of aromatic nitrogens is 4. The fourth-order valence-corrected chi connectivity index (χ4v) is 15.2. The monoisotopic (exact) mass is 1640 g/mol. The van der Waals surface area contributed by atoms with E-state index in [9.17, 15) is 28.0 Å². The van der Waals surface area contributed by atoms with Gasteiger partial charge in [-0.05, 0) is 170 Å². The van der Waals surface area contributed by atoms with E-state index in [-0.39, 0.29) is 38.4 Å².